The summed E-state index contributed by atoms with van der Waals surface area (Å²) >= 11 is 1.74. The van der Waals surface area contributed by atoms with Crippen LogP contribution in [0.15, 0.2) is 41.9 Å². The highest BCUT2D eigenvalue weighted by atomic mass is 32.1. The van der Waals surface area contributed by atoms with E-state index in [1.54, 1.807) is 17.5 Å². The molecule has 0 radical (unpaired) electrons. The molecule has 0 saturated carbocycles. The first-order valence-corrected chi connectivity index (χ1v) is 6.35. The Morgan fingerprint density at radius 3 is 2.94 bits per heavy atom. The number of nitrogens with zero attached hydrogens (tertiary/aromatic N) is 2. The molecule has 2 heterocycles. The van der Waals surface area contributed by atoms with Crippen molar-refractivity contribution in [2.45, 2.75) is 6.04 Å². The van der Waals surface area contributed by atoms with Gasteiger partial charge in [0.05, 0.1) is 11.7 Å². The third kappa shape index (κ3) is 1.66. The molecular formula is C13H13N3S. The van der Waals surface area contributed by atoms with E-state index in [2.05, 4.69) is 34.7 Å². The molecule has 0 spiro atoms. The number of nitrogens with two attached hydrogens (primary N) is 1. The second kappa shape index (κ2) is 3.98. The summed E-state index contributed by atoms with van der Waals surface area (Å²) in [6.07, 6.45) is 1.78. The number of aromatic nitrogens is 2. The monoisotopic (exact) mass is 243 g/mol. The molecule has 1 atom stereocenters. The Kier molecular flexibility index (Phi) is 2.46. The average Bonchev–Trinajstić information content (AvgIpc) is 2.95. The maximum absolute atomic E-state index is 6.33. The van der Waals surface area contributed by atoms with E-state index in [-0.39, 0.29) is 6.04 Å². The molecule has 0 aliphatic rings. The Morgan fingerprint density at radius 2 is 2.18 bits per heavy atom. The fourth-order valence-electron chi connectivity index (χ4n) is 2.11. The second-order valence-electron chi connectivity index (χ2n) is 4.04. The van der Waals surface area contributed by atoms with Crippen LogP contribution in [0, 0.1) is 0 Å². The van der Waals surface area contributed by atoms with Gasteiger partial charge in [0.2, 0.25) is 0 Å². The van der Waals surface area contributed by atoms with Gasteiger partial charge >= 0.3 is 0 Å². The van der Waals surface area contributed by atoms with Gasteiger partial charge in [-0.3, -0.25) is 4.68 Å². The van der Waals surface area contributed by atoms with Crippen LogP contribution in [0.3, 0.4) is 0 Å². The maximum Gasteiger partial charge on any atom is 0.0737 e. The topological polar surface area (TPSA) is 43.8 Å². The van der Waals surface area contributed by atoms with Crippen molar-refractivity contribution >= 4 is 21.4 Å². The molecule has 4 heteroatoms. The summed E-state index contributed by atoms with van der Waals surface area (Å²) in [7, 11) is 1.92. The fourth-order valence-corrected chi connectivity index (χ4v) is 3.06. The van der Waals surface area contributed by atoms with E-state index in [4.69, 9.17) is 5.73 Å². The maximum atomic E-state index is 6.33. The smallest absolute Gasteiger partial charge is 0.0737 e. The van der Waals surface area contributed by atoms with Gasteiger partial charge in [-0.05, 0) is 28.5 Å². The first-order chi connectivity index (χ1) is 8.27. The summed E-state index contributed by atoms with van der Waals surface area (Å²) in [5.41, 5.74) is 8.53. The van der Waals surface area contributed by atoms with Crippen molar-refractivity contribution in [3.05, 3.63) is 53.2 Å². The zero-order chi connectivity index (χ0) is 11.8. The number of hydrogen-bond acceptors (Lipinski definition) is 3. The van der Waals surface area contributed by atoms with E-state index in [0.29, 0.717) is 0 Å². The van der Waals surface area contributed by atoms with Gasteiger partial charge in [0.1, 0.15) is 0 Å². The molecule has 0 aliphatic carbocycles. The normalized spacial score (nSPS) is 13.1. The predicted octanol–water partition coefficient (Wildman–Crippen LogP) is 2.68. The molecule has 1 aromatic carbocycles. The minimum atomic E-state index is -0.121. The van der Waals surface area contributed by atoms with Crippen LogP contribution in [0.5, 0.6) is 0 Å². The zero-order valence-corrected chi connectivity index (χ0v) is 10.3. The summed E-state index contributed by atoms with van der Waals surface area (Å²) < 4.78 is 3.10. The van der Waals surface area contributed by atoms with E-state index in [1.165, 1.54) is 15.6 Å². The van der Waals surface area contributed by atoms with E-state index >= 15 is 0 Å². The second-order valence-corrected chi connectivity index (χ2v) is 4.96. The lowest BCUT2D eigenvalue weighted by atomic mass is 10.0. The number of fused-ring (bicyclic) bond motifs is 1. The van der Waals surface area contributed by atoms with Gasteiger partial charge in [0, 0.05) is 17.9 Å². The van der Waals surface area contributed by atoms with Crippen LogP contribution < -0.4 is 5.73 Å². The van der Waals surface area contributed by atoms with E-state index in [9.17, 15) is 0 Å². The molecule has 0 fully saturated rings. The minimum absolute atomic E-state index is 0.121. The van der Waals surface area contributed by atoms with Crippen molar-refractivity contribution in [1.82, 2.24) is 9.78 Å². The minimum Gasteiger partial charge on any atom is -0.319 e. The molecule has 2 aromatic heterocycles. The van der Waals surface area contributed by atoms with Crippen LogP contribution >= 0.6 is 11.3 Å². The van der Waals surface area contributed by atoms with Crippen LogP contribution in [0.4, 0.5) is 0 Å². The molecule has 0 amide bonds. The Morgan fingerprint density at radius 1 is 1.29 bits per heavy atom. The summed E-state index contributed by atoms with van der Waals surface area (Å²) in [5, 5.41) is 7.53. The molecule has 0 aliphatic heterocycles. The summed E-state index contributed by atoms with van der Waals surface area (Å²) in [4.78, 5) is 0. The molecule has 0 saturated heterocycles. The van der Waals surface area contributed by atoms with E-state index in [1.807, 2.05) is 17.8 Å². The molecule has 86 valence electrons. The lowest BCUT2D eigenvalue weighted by Crippen LogP contribution is -2.15. The van der Waals surface area contributed by atoms with E-state index < -0.39 is 0 Å². The lowest BCUT2D eigenvalue weighted by Gasteiger charge is -2.13. The van der Waals surface area contributed by atoms with Crippen molar-refractivity contribution in [3.63, 3.8) is 0 Å². The lowest BCUT2D eigenvalue weighted by molar-refractivity contribution is 0.675. The number of benzene rings is 1. The highest BCUT2D eigenvalue weighted by Gasteiger charge is 2.15. The SMILES string of the molecule is Cn1nccc1C(N)c1cccc2ccsc12. The molecule has 0 bridgehead atoms. The van der Waals surface area contributed by atoms with Gasteiger partial charge in [0.15, 0.2) is 0 Å². The first-order valence-electron chi connectivity index (χ1n) is 5.47. The van der Waals surface area contributed by atoms with Gasteiger partial charge in [-0.15, -0.1) is 11.3 Å². The largest absolute Gasteiger partial charge is 0.319 e. The van der Waals surface area contributed by atoms with Gasteiger partial charge in [-0.1, -0.05) is 18.2 Å². The van der Waals surface area contributed by atoms with Crippen LogP contribution in [0.2, 0.25) is 0 Å². The number of thiophene rings is 1. The Hall–Kier alpha value is -1.65. The zero-order valence-electron chi connectivity index (χ0n) is 9.50. The third-order valence-electron chi connectivity index (χ3n) is 3.02. The van der Waals surface area contributed by atoms with Gasteiger partial charge < -0.3 is 5.73 Å². The van der Waals surface area contributed by atoms with Gasteiger partial charge in [-0.2, -0.15) is 5.10 Å². The van der Waals surface area contributed by atoms with Crippen LogP contribution in [-0.2, 0) is 7.05 Å². The quantitative estimate of drug-likeness (QED) is 0.752. The number of hydrogen-bond donors (Lipinski definition) is 1. The average molecular weight is 243 g/mol. The molecule has 2 N–H and O–H groups in total. The summed E-state index contributed by atoms with van der Waals surface area (Å²) in [6, 6.07) is 10.2. The van der Waals surface area contributed by atoms with Crippen molar-refractivity contribution in [1.29, 1.82) is 0 Å². The van der Waals surface area contributed by atoms with Crippen LogP contribution in [-0.4, -0.2) is 9.78 Å². The van der Waals surface area contributed by atoms with E-state index in [0.717, 1.165) is 5.69 Å². The molecule has 17 heavy (non-hydrogen) atoms. The molecular weight excluding hydrogens is 230 g/mol. The Bertz CT molecular complexity index is 653. The molecule has 3 aromatic rings. The predicted molar refractivity (Wildman–Crippen MR) is 71.1 cm³/mol. The Balaban J connectivity index is 2.15. The Labute approximate surface area is 103 Å². The first kappa shape index (κ1) is 10.5. The van der Waals surface area contributed by atoms with Crippen molar-refractivity contribution in [2.24, 2.45) is 12.8 Å². The molecule has 3 rings (SSSR count). The van der Waals surface area contributed by atoms with Gasteiger partial charge in [-0.25, -0.2) is 0 Å². The molecule has 3 nitrogen and oxygen atoms in total. The van der Waals surface area contributed by atoms with Gasteiger partial charge in [0.25, 0.3) is 0 Å². The number of rotatable bonds is 2. The van der Waals surface area contributed by atoms with Crippen molar-refractivity contribution in [3.8, 4) is 0 Å². The third-order valence-corrected chi connectivity index (χ3v) is 4.00. The summed E-state index contributed by atoms with van der Waals surface area (Å²) in [6.45, 7) is 0. The van der Waals surface area contributed by atoms with Crippen molar-refractivity contribution < 1.29 is 0 Å². The number of aryl methyl sites for hydroxylation is 1. The highest BCUT2D eigenvalue weighted by molar-refractivity contribution is 7.17. The van der Waals surface area contributed by atoms with Crippen molar-refractivity contribution in [2.75, 3.05) is 0 Å². The highest BCUT2D eigenvalue weighted by Crippen LogP contribution is 2.30. The van der Waals surface area contributed by atoms with Crippen LogP contribution in [0.25, 0.3) is 10.1 Å². The molecule has 1 unspecified atom stereocenters. The van der Waals surface area contributed by atoms with Crippen LogP contribution in [0.1, 0.15) is 17.3 Å². The summed E-state index contributed by atoms with van der Waals surface area (Å²) in [5.74, 6) is 0. The fraction of sp³-hybridized carbons (Fsp3) is 0.154. The standard InChI is InChI=1S/C13H13N3S/c1-16-11(5-7-15-16)12(14)10-4-2-3-9-6-8-17-13(9)10/h2-8,12H,14H2,1H3.